The third kappa shape index (κ3) is 1.65. The van der Waals surface area contributed by atoms with Crippen molar-refractivity contribution in [2.75, 3.05) is 30.8 Å². The first-order valence-corrected chi connectivity index (χ1v) is 6.27. The number of nitrogens with two attached hydrogens (primary N) is 1. The van der Waals surface area contributed by atoms with Gasteiger partial charge in [-0.25, -0.2) is 0 Å². The van der Waals surface area contributed by atoms with E-state index in [0.29, 0.717) is 5.69 Å². The Balaban J connectivity index is 2.27. The number of hydrogen-bond donors (Lipinski definition) is 1. The Hall–Kier alpha value is -1.97. The van der Waals surface area contributed by atoms with Crippen molar-refractivity contribution in [2.45, 2.75) is 12.8 Å². The Kier molecular flexibility index (Phi) is 2.70. The minimum Gasteiger partial charge on any atom is -0.494 e. The molecule has 3 rings (SSSR count). The van der Waals surface area contributed by atoms with Crippen LogP contribution in [0.1, 0.15) is 12.8 Å². The van der Waals surface area contributed by atoms with E-state index in [1.165, 1.54) is 12.8 Å². The summed E-state index contributed by atoms with van der Waals surface area (Å²) in [7, 11) is 1.65. The summed E-state index contributed by atoms with van der Waals surface area (Å²) in [6, 6.07) is 5.94. The van der Waals surface area contributed by atoms with Gasteiger partial charge in [-0.05, 0) is 25.0 Å². The van der Waals surface area contributed by atoms with E-state index < -0.39 is 0 Å². The first-order chi connectivity index (χ1) is 8.81. The van der Waals surface area contributed by atoms with Gasteiger partial charge in [0.15, 0.2) is 0 Å². The van der Waals surface area contributed by atoms with Crippen molar-refractivity contribution >= 4 is 22.3 Å². The van der Waals surface area contributed by atoms with Gasteiger partial charge in [-0.15, -0.1) is 0 Å². The highest BCUT2D eigenvalue weighted by atomic mass is 16.5. The first-order valence-electron chi connectivity index (χ1n) is 6.27. The zero-order valence-corrected chi connectivity index (χ0v) is 10.5. The van der Waals surface area contributed by atoms with E-state index in [4.69, 9.17) is 10.5 Å². The van der Waals surface area contributed by atoms with Crippen LogP contribution in [0.4, 0.5) is 11.4 Å². The molecule has 2 N–H and O–H groups in total. The molecule has 1 aromatic heterocycles. The van der Waals surface area contributed by atoms with Crippen molar-refractivity contribution < 1.29 is 4.74 Å². The summed E-state index contributed by atoms with van der Waals surface area (Å²) in [4.78, 5) is 6.80. The van der Waals surface area contributed by atoms with Gasteiger partial charge in [-0.2, -0.15) is 0 Å². The van der Waals surface area contributed by atoms with Gasteiger partial charge in [-0.3, -0.25) is 4.98 Å². The highest BCUT2D eigenvalue weighted by molar-refractivity contribution is 6.00. The number of rotatable bonds is 2. The largest absolute Gasteiger partial charge is 0.494 e. The van der Waals surface area contributed by atoms with Crippen LogP contribution in [0.25, 0.3) is 10.9 Å². The molecule has 0 bridgehead atoms. The number of anilines is 2. The van der Waals surface area contributed by atoms with E-state index in [1.54, 1.807) is 7.11 Å². The van der Waals surface area contributed by atoms with Crippen LogP contribution < -0.4 is 15.4 Å². The lowest BCUT2D eigenvalue weighted by atomic mass is 10.1. The monoisotopic (exact) mass is 243 g/mol. The summed E-state index contributed by atoms with van der Waals surface area (Å²) in [6.45, 7) is 2.09. The molecular formula is C14H17N3O. The second-order valence-electron chi connectivity index (χ2n) is 4.61. The van der Waals surface area contributed by atoms with Crippen LogP contribution in [-0.4, -0.2) is 25.2 Å². The zero-order valence-electron chi connectivity index (χ0n) is 10.5. The lowest BCUT2D eigenvalue weighted by molar-refractivity contribution is 0.417. The maximum Gasteiger partial charge on any atom is 0.144 e. The van der Waals surface area contributed by atoms with Crippen molar-refractivity contribution in [3.63, 3.8) is 0 Å². The SMILES string of the molecule is COc1cc2cccnc2c(N2CCCC2)c1N. The molecule has 0 amide bonds. The lowest BCUT2D eigenvalue weighted by Crippen LogP contribution is -2.20. The molecule has 94 valence electrons. The predicted molar refractivity (Wildman–Crippen MR) is 74.2 cm³/mol. The maximum absolute atomic E-state index is 6.23. The fourth-order valence-electron chi connectivity index (χ4n) is 2.63. The van der Waals surface area contributed by atoms with Crippen molar-refractivity contribution in [3.8, 4) is 5.75 Å². The highest BCUT2D eigenvalue weighted by Gasteiger charge is 2.21. The van der Waals surface area contributed by atoms with Gasteiger partial charge in [0.1, 0.15) is 11.4 Å². The number of methoxy groups -OCH3 is 1. The van der Waals surface area contributed by atoms with Crippen LogP contribution >= 0.6 is 0 Å². The Bertz CT molecular complexity index is 577. The summed E-state index contributed by atoms with van der Waals surface area (Å²) in [5, 5.41) is 1.07. The number of hydrogen-bond acceptors (Lipinski definition) is 4. The molecule has 0 radical (unpaired) electrons. The number of benzene rings is 1. The molecule has 0 unspecified atom stereocenters. The number of nitrogen functional groups attached to an aromatic ring is 1. The lowest BCUT2D eigenvalue weighted by Gasteiger charge is -2.22. The Morgan fingerprint density at radius 1 is 1.33 bits per heavy atom. The van der Waals surface area contributed by atoms with Crippen LogP contribution in [0.2, 0.25) is 0 Å². The van der Waals surface area contributed by atoms with Gasteiger partial charge < -0.3 is 15.4 Å². The molecule has 0 aliphatic carbocycles. The predicted octanol–water partition coefficient (Wildman–Crippen LogP) is 2.43. The smallest absolute Gasteiger partial charge is 0.144 e. The fraction of sp³-hybridized carbons (Fsp3) is 0.357. The molecule has 0 atom stereocenters. The first kappa shape index (κ1) is 11.1. The highest BCUT2D eigenvalue weighted by Crippen LogP contribution is 2.39. The van der Waals surface area contributed by atoms with Crippen LogP contribution in [0.3, 0.4) is 0 Å². The molecule has 1 aliphatic heterocycles. The van der Waals surface area contributed by atoms with Gasteiger partial charge in [0.05, 0.1) is 18.3 Å². The maximum atomic E-state index is 6.23. The van der Waals surface area contributed by atoms with Crippen molar-refractivity contribution in [2.24, 2.45) is 0 Å². The van der Waals surface area contributed by atoms with Gasteiger partial charge in [0.25, 0.3) is 0 Å². The summed E-state index contributed by atoms with van der Waals surface area (Å²) in [5.74, 6) is 0.734. The second kappa shape index (κ2) is 4.37. The number of fused-ring (bicyclic) bond motifs is 1. The number of ether oxygens (including phenoxy) is 1. The quantitative estimate of drug-likeness (QED) is 0.823. The molecule has 1 fully saturated rings. The van der Waals surface area contributed by atoms with Crippen LogP contribution in [-0.2, 0) is 0 Å². The van der Waals surface area contributed by atoms with Crippen LogP contribution in [0.15, 0.2) is 24.4 Å². The van der Waals surface area contributed by atoms with E-state index in [0.717, 1.165) is 35.4 Å². The summed E-state index contributed by atoms with van der Waals surface area (Å²) in [6.07, 6.45) is 4.24. The van der Waals surface area contributed by atoms with E-state index in [2.05, 4.69) is 9.88 Å². The number of nitrogens with zero attached hydrogens (tertiary/aromatic N) is 2. The van der Waals surface area contributed by atoms with Gasteiger partial charge in [-0.1, -0.05) is 6.07 Å². The Morgan fingerprint density at radius 3 is 2.83 bits per heavy atom. The summed E-state index contributed by atoms with van der Waals surface area (Å²) >= 11 is 0. The molecule has 1 saturated heterocycles. The topological polar surface area (TPSA) is 51.4 Å². The van der Waals surface area contributed by atoms with E-state index in [-0.39, 0.29) is 0 Å². The molecule has 4 heteroatoms. The van der Waals surface area contributed by atoms with Crippen LogP contribution in [0, 0.1) is 0 Å². The van der Waals surface area contributed by atoms with Crippen molar-refractivity contribution in [3.05, 3.63) is 24.4 Å². The molecule has 1 aromatic carbocycles. The fourth-order valence-corrected chi connectivity index (χ4v) is 2.63. The van der Waals surface area contributed by atoms with Crippen molar-refractivity contribution in [1.82, 2.24) is 4.98 Å². The number of pyridine rings is 1. The molecule has 4 nitrogen and oxygen atoms in total. The summed E-state index contributed by atoms with van der Waals surface area (Å²) in [5.41, 5.74) is 8.93. The second-order valence-corrected chi connectivity index (χ2v) is 4.61. The van der Waals surface area contributed by atoms with Gasteiger partial charge >= 0.3 is 0 Å². The Morgan fingerprint density at radius 2 is 2.11 bits per heavy atom. The molecule has 2 aromatic rings. The molecule has 2 heterocycles. The van der Waals surface area contributed by atoms with Crippen molar-refractivity contribution in [1.29, 1.82) is 0 Å². The molecule has 0 spiro atoms. The van der Waals surface area contributed by atoms with E-state index in [9.17, 15) is 0 Å². The van der Waals surface area contributed by atoms with E-state index in [1.807, 2.05) is 24.4 Å². The average Bonchev–Trinajstić information content (AvgIpc) is 2.91. The minimum absolute atomic E-state index is 0.700. The van der Waals surface area contributed by atoms with Gasteiger partial charge in [0.2, 0.25) is 0 Å². The standard InChI is InChI=1S/C14H17N3O/c1-18-11-9-10-5-4-6-16-13(10)14(12(11)15)17-7-2-3-8-17/h4-6,9H,2-3,7-8,15H2,1H3. The Labute approximate surface area is 106 Å². The normalized spacial score (nSPS) is 15.3. The van der Waals surface area contributed by atoms with Gasteiger partial charge in [0, 0.05) is 24.7 Å². The average molecular weight is 243 g/mol. The summed E-state index contributed by atoms with van der Waals surface area (Å²) < 4.78 is 5.37. The zero-order chi connectivity index (χ0) is 12.5. The third-order valence-corrected chi connectivity index (χ3v) is 3.51. The number of aromatic nitrogens is 1. The van der Waals surface area contributed by atoms with Crippen LogP contribution in [0.5, 0.6) is 5.75 Å². The molecule has 1 aliphatic rings. The third-order valence-electron chi connectivity index (χ3n) is 3.51. The van der Waals surface area contributed by atoms with E-state index >= 15 is 0 Å². The minimum atomic E-state index is 0.700. The molecular weight excluding hydrogens is 226 g/mol. The molecule has 0 saturated carbocycles. The molecule has 18 heavy (non-hydrogen) atoms.